The van der Waals surface area contributed by atoms with Crippen molar-refractivity contribution in [1.82, 2.24) is 0 Å². The summed E-state index contributed by atoms with van der Waals surface area (Å²) in [7, 11) is 1.68. The van der Waals surface area contributed by atoms with Crippen LogP contribution >= 0.6 is 11.6 Å². The van der Waals surface area contributed by atoms with Crippen LogP contribution in [0.3, 0.4) is 0 Å². The Morgan fingerprint density at radius 2 is 1.94 bits per heavy atom. The summed E-state index contributed by atoms with van der Waals surface area (Å²) < 4.78 is 39.1. The maximum Gasteiger partial charge on any atom is 0.418 e. The third-order valence-electron chi connectivity index (χ3n) is 3.15. The molecule has 0 saturated heterocycles. The molecular weight excluding hydrogens is 263 g/mol. The summed E-state index contributed by atoms with van der Waals surface area (Å²) in [6, 6.07) is 4.30. The largest absolute Gasteiger partial charge is 0.418 e. The first-order chi connectivity index (χ1) is 8.31. The van der Waals surface area contributed by atoms with Gasteiger partial charge in [0.15, 0.2) is 0 Å². The molecule has 1 aromatic rings. The van der Waals surface area contributed by atoms with Gasteiger partial charge in [0.1, 0.15) is 0 Å². The minimum Gasteiger partial charge on any atom is -0.371 e. The van der Waals surface area contributed by atoms with Gasteiger partial charge >= 0.3 is 6.18 Å². The Morgan fingerprint density at radius 1 is 1.33 bits per heavy atom. The van der Waals surface area contributed by atoms with E-state index < -0.39 is 11.7 Å². The number of hydrogen-bond donors (Lipinski definition) is 0. The van der Waals surface area contributed by atoms with E-state index in [0.717, 1.165) is 12.5 Å². The van der Waals surface area contributed by atoms with Crippen molar-refractivity contribution in [3.8, 4) is 0 Å². The van der Waals surface area contributed by atoms with Gasteiger partial charge in [-0.25, -0.2) is 0 Å². The molecule has 102 valence electrons. The predicted molar refractivity (Wildman–Crippen MR) is 69.2 cm³/mol. The Morgan fingerprint density at radius 3 is 2.39 bits per heavy atom. The van der Waals surface area contributed by atoms with Gasteiger partial charge in [-0.1, -0.05) is 13.0 Å². The Balaban J connectivity index is 3.26. The van der Waals surface area contributed by atoms with E-state index in [4.69, 9.17) is 11.6 Å². The van der Waals surface area contributed by atoms with Gasteiger partial charge in [-0.3, -0.25) is 0 Å². The molecular formula is C13H17ClF3N. The molecule has 1 unspecified atom stereocenters. The van der Waals surface area contributed by atoms with Crippen LogP contribution in [-0.4, -0.2) is 13.1 Å². The van der Waals surface area contributed by atoms with E-state index in [1.54, 1.807) is 18.0 Å². The van der Waals surface area contributed by atoms with Crippen LogP contribution in [-0.2, 0) is 12.1 Å². The number of alkyl halides is 4. The summed E-state index contributed by atoms with van der Waals surface area (Å²) in [6.45, 7) is 3.84. The standard InChI is InChI=1S/C13H17ClF3N/c1-4-9(2)18(3)12-6-5-10(8-14)7-11(12)13(15,16)17/h5-7,9H,4,8H2,1-3H3. The quantitative estimate of drug-likeness (QED) is 0.724. The zero-order valence-corrected chi connectivity index (χ0v) is 11.4. The van der Waals surface area contributed by atoms with Crippen molar-refractivity contribution in [2.45, 2.75) is 38.4 Å². The molecule has 0 amide bonds. The van der Waals surface area contributed by atoms with E-state index in [9.17, 15) is 13.2 Å². The van der Waals surface area contributed by atoms with Crippen LogP contribution < -0.4 is 4.90 Å². The van der Waals surface area contributed by atoms with Gasteiger partial charge in [0, 0.05) is 24.7 Å². The lowest BCUT2D eigenvalue weighted by atomic mass is 10.1. The first-order valence-electron chi connectivity index (χ1n) is 5.80. The molecule has 0 aromatic heterocycles. The average Bonchev–Trinajstić information content (AvgIpc) is 2.35. The molecule has 0 aliphatic carbocycles. The summed E-state index contributed by atoms with van der Waals surface area (Å²) in [5.74, 6) is 0.0798. The Bertz CT molecular complexity index is 404. The highest BCUT2D eigenvalue weighted by molar-refractivity contribution is 6.17. The molecule has 18 heavy (non-hydrogen) atoms. The van der Waals surface area contributed by atoms with Crippen LogP contribution in [0.5, 0.6) is 0 Å². The lowest BCUT2D eigenvalue weighted by molar-refractivity contribution is -0.137. The molecule has 0 saturated carbocycles. The van der Waals surface area contributed by atoms with Gasteiger partial charge in [-0.2, -0.15) is 13.2 Å². The highest BCUT2D eigenvalue weighted by Gasteiger charge is 2.35. The van der Waals surface area contributed by atoms with Crippen molar-refractivity contribution in [2.24, 2.45) is 0 Å². The molecule has 0 bridgehead atoms. The van der Waals surface area contributed by atoms with Gasteiger partial charge in [0.05, 0.1) is 5.56 Å². The molecule has 0 spiro atoms. The van der Waals surface area contributed by atoms with Gasteiger partial charge in [0.2, 0.25) is 0 Å². The molecule has 1 nitrogen and oxygen atoms in total. The molecule has 0 radical (unpaired) electrons. The van der Waals surface area contributed by atoms with Gasteiger partial charge in [-0.05, 0) is 31.0 Å². The summed E-state index contributed by atoms with van der Waals surface area (Å²) in [5.41, 5.74) is 0.0551. The number of nitrogens with zero attached hydrogens (tertiary/aromatic N) is 1. The maximum atomic E-state index is 13.0. The summed E-state index contributed by atoms with van der Waals surface area (Å²) in [5, 5.41) is 0. The topological polar surface area (TPSA) is 3.24 Å². The molecule has 0 aliphatic rings. The van der Waals surface area contributed by atoms with E-state index in [-0.39, 0.29) is 17.6 Å². The van der Waals surface area contributed by atoms with Crippen molar-refractivity contribution in [3.63, 3.8) is 0 Å². The minimum absolute atomic E-state index is 0.0490. The smallest absolute Gasteiger partial charge is 0.371 e. The lowest BCUT2D eigenvalue weighted by Crippen LogP contribution is -2.30. The van der Waals surface area contributed by atoms with Crippen molar-refractivity contribution < 1.29 is 13.2 Å². The van der Waals surface area contributed by atoms with Crippen molar-refractivity contribution in [2.75, 3.05) is 11.9 Å². The van der Waals surface area contributed by atoms with Crippen LogP contribution in [0, 0.1) is 0 Å². The fourth-order valence-corrected chi connectivity index (χ4v) is 1.88. The Hall–Kier alpha value is -0.900. The Labute approximate surface area is 111 Å². The van der Waals surface area contributed by atoms with Crippen LogP contribution in [0.4, 0.5) is 18.9 Å². The summed E-state index contributed by atoms with van der Waals surface area (Å²) in [4.78, 5) is 1.65. The summed E-state index contributed by atoms with van der Waals surface area (Å²) >= 11 is 5.59. The first kappa shape index (κ1) is 15.2. The summed E-state index contributed by atoms with van der Waals surface area (Å²) in [6.07, 6.45) is -3.58. The number of hydrogen-bond acceptors (Lipinski definition) is 1. The van der Waals surface area contributed by atoms with Gasteiger partial charge in [0.25, 0.3) is 0 Å². The van der Waals surface area contributed by atoms with E-state index in [1.165, 1.54) is 6.07 Å². The van der Waals surface area contributed by atoms with Gasteiger partial charge in [-0.15, -0.1) is 11.6 Å². The molecule has 0 aliphatic heterocycles. The van der Waals surface area contributed by atoms with Crippen molar-refractivity contribution in [1.29, 1.82) is 0 Å². The van der Waals surface area contributed by atoms with Crippen molar-refractivity contribution in [3.05, 3.63) is 29.3 Å². The van der Waals surface area contributed by atoms with Crippen LogP contribution in [0.25, 0.3) is 0 Å². The van der Waals surface area contributed by atoms with Crippen molar-refractivity contribution >= 4 is 17.3 Å². The van der Waals surface area contributed by atoms with Crippen LogP contribution in [0.15, 0.2) is 18.2 Å². The second-order valence-corrected chi connectivity index (χ2v) is 4.62. The number of rotatable bonds is 4. The third kappa shape index (κ3) is 3.31. The second-order valence-electron chi connectivity index (χ2n) is 4.35. The monoisotopic (exact) mass is 279 g/mol. The van der Waals surface area contributed by atoms with E-state index >= 15 is 0 Å². The molecule has 5 heteroatoms. The van der Waals surface area contributed by atoms with Crippen LogP contribution in [0.2, 0.25) is 0 Å². The van der Waals surface area contributed by atoms with E-state index in [0.29, 0.717) is 5.56 Å². The molecule has 1 rings (SSSR count). The second kappa shape index (κ2) is 5.83. The molecule has 1 aromatic carbocycles. The molecule has 0 heterocycles. The first-order valence-corrected chi connectivity index (χ1v) is 6.33. The normalized spacial score (nSPS) is 13.5. The van der Waals surface area contributed by atoms with Crippen LogP contribution in [0.1, 0.15) is 31.4 Å². The number of halogens is 4. The lowest BCUT2D eigenvalue weighted by Gasteiger charge is -2.29. The Kier molecular flexibility index (Phi) is 4.91. The number of anilines is 1. The highest BCUT2D eigenvalue weighted by atomic mass is 35.5. The van der Waals surface area contributed by atoms with E-state index in [2.05, 4.69) is 0 Å². The molecule has 1 atom stereocenters. The number of benzene rings is 1. The third-order valence-corrected chi connectivity index (χ3v) is 3.46. The molecule has 0 N–H and O–H groups in total. The van der Waals surface area contributed by atoms with E-state index in [1.807, 2.05) is 13.8 Å². The fourth-order valence-electron chi connectivity index (χ4n) is 1.71. The zero-order chi connectivity index (χ0) is 13.9. The zero-order valence-electron chi connectivity index (χ0n) is 10.7. The predicted octanol–water partition coefficient (Wildman–Crippen LogP) is 4.68. The van der Waals surface area contributed by atoms with Gasteiger partial charge < -0.3 is 4.90 Å². The molecule has 0 fully saturated rings. The highest BCUT2D eigenvalue weighted by Crippen LogP contribution is 2.37. The average molecular weight is 280 g/mol. The minimum atomic E-state index is -4.36. The fraction of sp³-hybridized carbons (Fsp3) is 0.538. The maximum absolute atomic E-state index is 13.0. The SMILES string of the molecule is CCC(C)N(C)c1ccc(CCl)cc1C(F)(F)F.